The van der Waals surface area contributed by atoms with Crippen LogP contribution in [0.3, 0.4) is 0 Å². The lowest BCUT2D eigenvalue weighted by Crippen LogP contribution is -2.10. The first-order valence-electron chi connectivity index (χ1n) is 5.82. The Hall–Kier alpha value is -2.70. The molecular weight excluding hydrogens is 246 g/mol. The molecule has 19 heavy (non-hydrogen) atoms. The minimum atomic E-state index is -0.333. The van der Waals surface area contributed by atoms with Crippen molar-refractivity contribution in [2.24, 2.45) is 0 Å². The number of benzene rings is 1. The zero-order valence-corrected chi connectivity index (χ0v) is 10.2. The van der Waals surface area contributed by atoms with Gasteiger partial charge in [0.15, 0.2) is 5.52 Å². The van der Waals surface area contributed by atoms with Crippen LogP contribution in [-0.2, 0) is 0 Å². The molecular formula is C12H11N5O2. The van der Waals surface area contributed by atoms with Crippen LogP contribution in [0.4, 0.5) is 0 Å². The third kappa shape index (κ3) is 1.95. The van der Waals surface area contributed by atoms with Gasteiger partial charge in [-0.2, -0.15) is 5.21 Å². The van der Waals surface area contributed by atoms with Crippen molar-refractivity contribution in [1.29, 1.82) is 0 Å². The highest BCUT2D eigenvalue weighted by Crippen LogP contribution is 2.26. The zero-order valence-electron chi connectivity index (χ0n) is 10.2. The second kappa shape index (κ2) is 4.52. The van der Waals surface area contributed by atoms with Gasteiger partial charge in [0.2, 0.25) is 5.65 Å². The van der Waals surface area contributed by atoms with Crippen LogP contribution in [-0.4, -0.2) is 32.0 Å². The van der Waals surface area contributed by atoms with E-state index in [4.69, 9.17) is 4.74 Å². The average Bonchev–Trinajstić information content (AvgIpc) is 2.88. The quantitative estimate of drug-likeness (QED) is 0.732. The highest BCUT2D eigenvalue weighted by atomic mass is 16.5. The van der Waals surface area contributed by atoms with E-state index in [1.54, 1.807) is 0 Å². The Morgan fingerprint density at radius 1 is 1.26 bits per heavy atom. The predicted octanol–water partition coefficient (Wildman–Crippen LogP) is 1.11. The highest BCUT2D eigenvalue weighted by molar-refractivity contribution is 5.72. The highest BCUT2D eigenvalue weighted by Gasteiger charge is 2.12. The number of para-hydroxylation sites is 1. The molecule has 0 amide bonds. The topological polar surface area (TPSA) is 96.6 Å². The van der Waals surface area contributed by atoms with Crippen molar-refractivity contribution in [3.05, 3.63) is 34.6 Å². The lowest BCUT2D eigenvalue weighted by molar-refractivity contribution is 0.341. The molecule has 0 saturated heterocycles. The Kier molecular flexibility index (Phi) is 2.71. The Morgan fingerprint density at radius 2 is 2.11 bits per heavy atom. The van der Waals surface area contributed by atoms with E-state index in [1.165, 1.54) is 0 Å². The van der Waals surface area contributed by atoms with E-state index in [2.05, 4.69) is 25.4 Å². The van der Waals surface area contributed by atoms with Gasteiger partial charge in [-0.1, -0.05) is 12.1 Å². The number of hydrogen-bond donors (Lipinski definition) is 2. The molecule has 0 aliphatic carbocycles. The molecule has 0 fully saturated rings. The summed E-state index contributed by atoms with van der Waals surface area (Å²) in [5, 5.41) is 9.95. The number of rotatable bonds is 3. The fourth-order valence-electron chi connectivity index (χ4n) is 1.83. The van der Waals surface area contributed by atoms with E-state index in [9.17, 15) is 4.79 Å². The lowest BCUT2D eigenvalue weighted by atomic mass is 10.2. The summed E-state index contributed by atoms with van der Waals surface area (Å²) in [4.78, 5) is 18.8. The number of ether oxygens (including phenoxy) is 1. The van der Waals surface area contributed by atoms with Crippen molar-refractivity contribution in [2.75, 3.05) is 6.61 Å². The van der Waals surface area contributed by atoms with Crippen molar-refractivity contribution in [2.45, 2.75) is 6.92 Å². The summed E-state index contributed by atoms with van der Waals surface area (Å²) in [6, 6.07) is 7.37. The van der Waals surface area contributed by atoms with Crippen molar-refractivity contribution >= 4 is 11.2 Å². The largest absolute Gasteiger partial charge is 0.493 e. The normalized spacial score (nSPS) is 10.8. The molecule has 0 spiro atoms. The second-order valence-corrected chi connectivity index (χ2v) is 3.84. The number of H-pyrrole nitrogens is 2. The van der Waals surface area contributed by atoms with E-state index in [-0.39, 0.29) is 16.7 Å². The van der Waals surface area contributed by atoms with Gasteiger partial charge in [0.25, 0.3) is 5.56 Å². The molecule has 7 heteroatoms. The Bertz CT molecular complexity index is 777. The van der Waals surface area contributed by atoms with Crippen molar-refractivity contribution < 1.29 is 4.74 Å². The molecule has 96 valence electrons. The summed E-state index contributed by atoms with van der Waals surface area (Å²) < 4.78 is 5.52. The summed E-state index contributed by atoms with van der Waals surface area (Å²) in [7, 11) is 0. The van der Waals surface area contributed by atoms with Crippen LogP contribution in [0.2, 0.25) is 0 Å². The molecule has 0 unspecified atom stereocenters. The van der Waals surface area contributed by atoms with Crippen LogP contribution >= 0.6 is 0 Å². The molecule has 3 rings (SSSR count). The monoisotopic (exact) mass is 257 g/mol. The number of aromatic amines is 2. The SMILES string of the molecule is CCOc1ccccc1-c1nc2n[nH]nc2c(=O)[nH]1. The maximum absolute atomic E-state index is 11.8. The van der Waals surface area contributed by atoms with Crippen LogP contribution in [0.15, 0.2) is 29.1 Å². The molecule has 0 saturated carbocycles. The predicted molar refractivity (Wildman–Crippen MR) is 68.9 cm³/mol. The molecule has 3 aromatic rings. The third-order valence-electron chi connectivity index (χ3n) is 2.64. The molecule has 2 aromatic heterocycles. The van der Waals surface area contributed by atoms with Crippen LogP contribution < -0.4 is 10.3 Å². The number of nitrogens with one attached hydrogen (secondary N) is 2. The Morgan fingerprint density at radius 3 is 2.95 bits per heavy atom. The Labute approximate surface area is 107 Å². The van der Waals surface area contributed by atoms with Crippen LogP contribution in [0, 0.1) is 0 Å². The molecule has 1 aromatic carbocycles. The average molecular weight is 257 g/mol. The number of fused-ring (bicyclic) bond motifs is 1. The first-order chi connectivity index (χ1) is 9.29. The first kappa shape index (κ1) is 11.4. The van der Waals surface area contributed by atoms with E-state index in [0.717, 1.165) is 0 Å². The Balaban J connectivity index is 2.21. The van der Waals surface area contributed by atoms with Gasteiger partial charge in [0.05, 0.1) is 12.2 Å². The number of aromatic nitrogens is 5. The molecule has 2 N–H and O–H groups in total. The van der Waals surface area contributed by atoms with Gasteiger partial charge in [-0.15, -0.1) is 10.2 Å². The van der Waals surface area contributed by atoms with Gasteiger partial charge in [-0.25, -0.2) is 4.98 Å². The number of hydrogen-bond acceptors (Lipinski definition) is 5. The minimum Gasteiger partial charge on any atom is -0.493 e. The third-order valence-corrected chi connectivity index (χ3v) is 2.64. The fraction of sp³-hybridized carbons (Fsp3) is 0.167. The van der Waals surface area contributed by atoms with Gasteiger partial charge in [0, 0.05) is 0 Å². The molecule has 0 aliphatic rings. The molecule has 0 atom stereocenters. The second-order valence-electron chi connectivity index (χ2n) is 3.84. The van der Waals surface area contributed by atoms with Crippen molar-refractivity contribution in [3.63, 3.8) is 0 Å². The lowest BCUT2D eigenvalue weighted by Gasteiger charge is -2.08. The molecule has 7 nitrogen and oxygen atoms in total. The van der Waals surface area contributed by atoms with Crippen LogP contribution in [0.1, 0.15) is 6.92 Å². The zero-order chi connectivity index (χ0) is 13.2. The van der Waals surface area contributed by atoms with Gasteiger partial charge in [-0.05, 0) is 19.1 Å². The van der Waals surface area contributed by atoms with E-state index in [1.807, 2.05) is 31.2 Å². The van der Waals surface area contributed by atoms with Crippen LogP contribution in [0.5, 0.6) is 5.75 Å². The maximum Gasteiger partial charge on any atom is 0.281 e. The van der Waals surface area contributed by atoms with Gasteiger partial charge in [0.1, 0.15) is 11.6 Å². The smallest absolute Gasteiger partial charge is 0.281 e. The van der Waals surface area contributed by atoms with E-state index in [0.29, 0.717) is 23.7 Å². The maximum atomic E-state index is 11.8. The summed E-state index contributed by atoms with van der Waals surface area (Å²) in [6.07, 6.45) is 0. The minimum absolute atomic E-state index is 0.192. The van der Waals surface area contributed by atoms with E-state index >= 15 is 0 Å². The fourth-order valence-corrected chi connectivity index (χ4v) is 1.83. The molecule has 2 heterocycles. The summed E-state index contributed by atoms with van der Waals surface area (Å²) in [5.74, 6) is 1.08. The molecule has 0 bridgehead atoms. The standard InChI is InChI=1S/C12H11N5O2/c1-2-19-8-6-4-3-5-7(8)10-13-11-9(12(18)14-10)15-17-16-11/h3-6H,2H2,1H3,(H2,13,14,15,16,17,18). The summed E-state index contributed by atoms with van der Waals surface area (Å²) >= 11 is 0. The first-order valence-corrected chi connectivity index (χ1v) is 5.82. The molecule has 0 aliphatic heterocycles. The summed E-state index contributed by atoms with van der Waals surface area (Å²) in [6.45, 7) is 2.43. The van der Waals surface area contributed by atoms with Crippen LogP contribution in [0.25, 0.3) is 22.6 Å². The van der Waals surface area contributed by atoms with Crippen molar-refractivity contribution in [3.8, 4) is 17.1 Å². The number of nitrogens with zero attached hydrogens (tertiary/aromatic N) is 3. The van der Waals surface area contributed by atoms with E-state index < -0.39 is 0 Å². The van der Waals surface area contributed by atoms with Gasteiger partial charge >= 0.3 is 0 Å². The van der Waals surface area contributed by atoms with Crippen molar-refractivity contribution in [1.82, 2.24) is 25.4 Å². The summed E-state index contributed by atoms with van der Waals surface area (Å²) in [5.41, 5.74) is 0.856. The van der Waals surface area contributed by atoms with Gasteiger partial charge < -0.3 is 9.72 Å². The van der Waals surface area contributed by atoms with Gasteiger partial charge in [-0.3, -0.25) is 4.79 Å². The molecule has 0 radical (unpaired) electrons.